The number of hydroxylamine groups is 2. The molecule has 0 atom stereocenters. The van der Waals surface area contributed by atoms with Gasteiger partial charge in [-0.25, -0.2) is 5.06 Å². The minimum Gasteiger partial charge on any atom is -0.271 e. The van der Waals surface area contributed by atoms with Gasteiger partial charge in [0, 0.05) is 17.5 Å². The number of amides is 1. The van der Waals surface area contributed by atoms with Crippen LogP contribution < -0.4 is 0 Å². The van der Waals surface area contributed by atoms with Gasteiger partial charge in [0.1, 0.15) is 0 Å². The molecule has 0 bridgehead atoms. The molecule has 1 aromatic rings. The Kier molecular flexibility index (Phi) is 3.74. The molecule has 0 spiro atoms. The van der Waals surface area contributed by atoms with Gasteiger partial charge in [0.15, 0.2) is 0 Å². The van der Waals surface area contributed by atoms with Gasteiger partial charge >= 0.3 is 0 Å². The molecular weight excluding hydrogens is 222 g/mol. The lowest BCUT2D eigenvalue weighted by atomic mass is 10.2. The van der Waals surface area contributed by atoms with Crippen LogP contribution in [0.2, 0.25) is 0 Å². The highest BCUT2D eigenvalue weighted by atomic mass is 32.1. The van der Waals surface area contributed by atoms with Crippen molar-refractivity contribution in [3.63, 3.8) is 0 Å². The summed E-state index contributed by atoms with van der Waals surface area (Å²) in [6.45, 7) is 3.39. The van der Waals surface area contributed by atoms with E-state index < -0.39 is 0 Å². The number of hydrogen-bond acceptors (Lipinski definition) is 3. The summed E-state index contributed by atoms with van der Waals surface area (Å²) in [5, 5.41) is 3.47. The number of hydrogen-bond donors (Lipinski definition) is 0. The van der Waals surface area contributed by atoms with Crippen LogP contribution in [0.3, 0.4) is 0 Å². The maximum Gasteiger partial charge on any atom is 0.270 e. The molecule has 86 valence electrons. The SMILES string of the molecule is Cc1ccsc1/C=C/C(=O)N1CCCCO1. The van der Waals surface area contributed by atoms with Gasteiger partial charge < -0.3 is 0 Å². The van der Waals surface area contributed by atoms with Gasteiger partial charge in [-0.2, -0.15) is 0 Å². The molecule has 0 N–H and O–H groups in total. The minimum absolute atomic E-state index is 0.0625. The molecule has 0 radical (unpaired) electrons. The molecule has 4 heteroatoms. The minimum atomic E-state index is -0.0625. The zero-order chi connectivity index (χ0) is 11.4. The van der Waals surface area contributed by atoms with Crippen molar-refractivity contribution in [2.45, 2.75) is 19.8 Å². The van der Waals surface area contributed by atoms with E-state index in [-0.39, 0.29) is 5.91 Å². The molecule has 16 heavy (non-hydrogen) atoms. The Bertz CT molecular complexity index is 391. The third kappa shape index (κ3) is 2.71. The van der Waals surface area contributed by atoms with Crippen LogP contribution in [0.25, 0.3) is 6.08 Å². The number of rotatable bonds is 2. The molecular formula is C12H15NO2S. The predicted octanol–water partition coefficient (Wildman–Crippen LogP) is 2.62. The topological polar surface area (TPSA) is 29.5 Å². The lowest BCUT2D eigenvalue weighted by Crippen LogP contribution is -2.34. The first-order valence-electron chi connectivity index (χ1n) is 5.44. The standard InChI is InChI=1S/C12H15NO2S/c1-10-6-9-16-11(10)4-5-12(14)13-7-2-3-8-15-13/h4-6,9H,2-3,7-8H2,1H3/b5-4+. The van der Waals surface area contributed by atoms with Crippen molar-refractivity contribution in [2.24, 2.45) is 0 Å². The Morgan fingerprint density at radius 2 is 2.44 bits per heavy atom. The molecule has 1 amide bonds. The van der Waals surface area contributed by atoms with Crippen LogP contribution >= 0.6 is 11.3 Å². The van der Waals surface area contributed by atoms with Crippen molar-refractivity contribution >= 4 is 23.3 Å². The molecule has 1 aliphatic heterocycles. The molecule has 1 saturated heterocycles. The Balaban J connectivity index is 1.96. The molecule has 2 heterocycles. The fourth-order valence-corrected chi connectivity index (χ4v) is 2.38. The highest BCUT2D eigenvalue weighted by molar-refractivity contribution is 7.11. The van der Waals surface area contributed by atoms with Crippen molar-refractivity contribution < 1.29 is 9.63 Å². The Hall–Kier alpha value is -1.13. The molecule has 0 saturated carbocycles. The van der Waals surface area contributed by atoms with Gasteiger partial charge in [0.2, 0.25) is 0 Å². The van der Waals surface area contributed by atoms with Crippen LogP contribution in [-0.2, 0) is 9.63 Å². The highest BCUT2D eigenvalue weighted by Gasteiger charge is 2.14. The smallest absolute Gasteiger partial charge is 0.270 e. The van der Waals surface area contributed by atoms with E-state index in [0.29, 0.717) is 13.2 Å². The second-order valence-corrected chi connectivity index (χ2v) is 4.73. The average molecular weight is 237 g/mol. The third-order valence-corrected chi connectivity index (χ3v) is 3.51. The first-order valence-corrected chi connectivity index (χ1v) is 6.32. The van der Waals surface area contributed by atoms with Gasteiger partial charge in [-0.15, -0.1) is 11.3 Å². The fourth-order valence-electron chi connectivity index (χ4n) is 1.56. The van der Waals surface area contributed by atoms with Crippen LogP contribution in [0.15, 0.2) is 17.5 Å². The number of thiophene rings is 1. The number of nitrogens with zero attached hydrogens (tertiary/aromatic N) is 1. The van der Waals surface area contributed by atoms with Gasteiger partial charge in [0.25, 0.3) is 5.91 Å². The summed E-state index contributed by atoms with van der Waals surface area (Å²) in [7, 11) is 0. The van der Waals surface area contributed by atoms with Crippen molar-refractivity contribution in [1.82, 2.24) is 5.06 Å². The average Bonchev–Trinajstić information content (AvgIpc) is 2.73. The van der Waals surface area contributed by atoms with Crippen molar-refractivity contribution in [2.75, 3.05) is 13.2 Å². The molecule has 3 nitrogen and oxygen atoms in total. The maximum absolute atomic E-state index is 11.7. The molecule has 0 aliphatic carbocycles. The number of aryl methyl sites for hydroxylation is 1. The summed E-state index contributed by atoms with van der Waals surface area (Å²) in [4.78, 5) is 18.1. The van der Waals surface area contributed by atoms with Crippen LogP contribution in [-0.4, -0.2) is 24.1 Å². The fraction of sp³-hybridized carbons (Fsp3) is 0.417. The zero-order valence-electron chi connectivity index (χ0n) is 9.31. The van der Waals surface area contributed by atoms with E-state index in [1.54, 1.807) is 17.4 Å². The summed E-state index contributed by atoms with van der Waals surface area (Å²) in [5.74, 6) is -0.0625. The molecule has 1 fully saturated rings. The summed E-state index contributed by atoms with van der Waals surface area (Å²) >= 11 is 1.64. The lowest BCUT2D eigenvalue weighted by molar-refractivity contribution is -0.191. The lowest BCUT2D eigenvalue weighted by Gasteiger charge is -2.24. The molecule has 0 aromatic carbocycles. The van der Waals surface area contributed by atoms with Crippen molar-refractivity contribution in [1.29, 1.82) is 0 Å². The quantitative estimate of drug-likeness (QED) is 0.740. The van der Waals surface area contributed by atoms with Crippen LogP contribution in [0, 0.1) is 6.92 Å². The molecule has 2 rings (SSSR count). The van der Waals surface area contributed by atoms with Gasteiger partial charge in [0.05, 0.1) is 6.61 Å². The van der Waals surface area contributed by atoms with Crippen LogP contribution in [0.1, 0.15) is 23.3 Å². The first-order chi connectivity index (χ1) is 7.77. The summed E-state index contributed by atoms with van der Waals surface area (Å²) in [6.07, 6.45) is 5.51. The van der Waals surface area contributed by atoms with Gasteiger partial charge in [-0.05, 0) is 42.9 Å². The van der Waals surface area contributed by atoms with Gasteiger partial charge in [-0.3, -0.25) is 9.63 Å². The number of carbonyl (C=O) groups excluding carboxylic acids is 1. The Morgan fingerprint density at radius 3 is 3.06 bits per heavy atom. The van der Waals surface area contributed by atoms with E-state index in [1.165, 1.54) is 10.6 Å². The molecule has 1 aliphatic rings. The molecule has 0 unspecified atom stereocenters. The predicted molar refractivity (Wildman–Crippen MR) is 65.0 cm³/mol. The second kappa shape index (κ2) is 5.27. The van der Waals surface area contributed by atoms with Crippen LogP contribution in [0.5, 0.6) is 0 Å². The Morgan fingerprint density at radius 1 is 1.56 bits per heavy atom. The van der Waals surface area contributed by atoms with E-state index >= 15 is 0 Å². The maximum atomic E-state index is 11.7. The largest absolute Gasteiger partial charge is 0.271 e. The summed E-state index contributed by atoms with van der Waals surface area (Å²) in [6, 6.07) is 2.05. The normalized spacial score (nSPS) is 16.9. The summed E-state index contributed by atoms with van der Waals surface area (Å²) in [5.41, 5.74) is 1.20. The van der Waals surface area contributed by atoms with E-state index in [0.717, 1.165) is 17.7 Å². The second-order valence-electron chi connectivity index (χ2n) is 3.78. The van der Waals surface area contributed by atoms with Crippen molar-refractivity contribution in [3.8, 4) is 0 Å². The van der Waals surface area contributed by atoms with E-state index in [4.69, 9.17) is 4.84 Å². The van der Waals surface area contributed by atoms with Crippen molar-refractivity contribution in [3.05, 3.63) is 28.0 Å². The van der Waals surface area contributed by atoms with Crippen LogP contribution in [0.4, 0.5) is 0 Å². The van der Waals surface area contributed by atoms with E-state index in [2.05, 4.69) is 0 Å². The number of carbonyl (C=O) groups is 1. The monoisotopic (exact) mass is 237 g/mol. The third-order valence-electron chi connectivity index (χ3n) is 2.53. The van der Waals surface area contributed by atoms with E-state index in [9.17, 15) is 4.79 Å². The highest BCUT2D eigenvalue weighted by Crippen LogP contribution is 2.17. The first kappa shape index (κ1) is 11.4. The van der Waals surface area contributed by atoms with E-state index in [1.807, 2.05) is 24.4 Å². The van der Waals surface area contributed by atoms with Gasteiger partial charge in [-0.1, -0.05) is 0 Å². The zero-order valence-corrected chi connectivity index (χ0v) is 10.1. The summed E-state index contributed by atoms with van der Waals surface area (Å²) < 4.78 is 0. The molecule has 1 aromatic heterocycles. The Labute approximate surface area is 99.3 Å².